The third-order valence-electron chi connectivity index (χ3n) is 3.95. The van der Waals surface area contributed by atoms with Gasteiger partial charge in [0.1, 0.15) is 0 Å². The van der Waals surface area contributed by atoms with Crippen molar-refractivity contribution in [1.82, 2.24) is 9.80 Å². The molecule has 0 unspecified atom stereocenters. The van der Waals surface area contributed by atoms with Gasteiger partial charge in [0.2, 0.25) is 0 Å². The van der Waals surface area contributed by atoms with Crippen LogP contribution < -0.4 is 0 Å². The zero-order valence-electron chi connectivity index (χ0n) is 11.4. The Morgan fingerprint density at radius 3 is 2.61 bits per heavy atom. The SMILES string of the molecule is CN(C)[C@@H]1CN(Cc2ccccc2)CC[C@@H]1CO. The molecule has 0 saturated carbocycles. The average Bonchev–Trinajstić information content (AvgIpc) is 2.40. The largest absolute Gasteiger partial charge is 0.396 e. The van der Waals surface area contributed by atoms with E-state index in [9.17, 15) is 5.11 Å². The van der Waals surface area contributed by atoms with E-state index in [0.717, 1.165) is 26.1 Å². The number of rotatable bonds is 4. The normalized spacial score (nSPS) is 25.6. The summed E-state index contributed by atoms with van der Waals surface area (Å²) in [5.74, 6) is 0.423. The van der Waals surface area contributed by atoms with E-state index < -0.39 is 0 Å². The van der Waals surface area contributed by atoms with Crippen molar-refractivity contribution in [3.63, 3.8) is 0 Å². The minimum absolute atomic E-state index is 0.308. The highest BCUT2D eigenvalue weighted by molar-refractivity contribution is 5.14. The summed E-state index contributed by atoms with van der Waals surface area (Å²) in [7, 11) is 4.22. The van der Waals surface area contributed by atoms with Crippen molar-refractivity contribution in [2.45, 2.75) is 19.0 Å². The Hall–Kier alpha value is -0.900. The van der Waals surface area contributed by atoms with Crippen LogP contribution in [-0.4, -0.2) is 54.7 Å². The van der Waals surface area contributed by atoms with Gasteiger partial charge in [0.05, 0.1) is 0 Å². The fourth-order valence-corrected chi connectivity index (χ4v) is 2.83. The van der Waals surface area contributed by atoms with Gasteiger partial charge < -0.3 is 10.0 Å². The minimum Gasteiger partial charge on any atom is -0.396 e. The lowest BCUT2D eigenvalue weighted by Crippen LogP contribution is -2.51. The maximum Gasteiger partial charge on any atom is 0.0475 e. The van der Waals surface area contributed by atoms with Crippen LogP contribution in [0.25, 0.3) is 0 Å². The van der Waals surface area contributed by atoms with Gasteiger partial charge in [-0.2, -0.15) is 0 Å². The zero-order valence-corrected chi connectivity index (χ0v) is 11.4. The fourth-order valence-electron chi connectivity index (χ4n) is 2.83. The Bertz CT molecular complexity index is 353. The molecule has 1 heterocycles. The highest BCUT2D eigenvalue weighted by Gasteiger charge is 2.29. The summed E-state index contributed by atoms with van der Waals surface area (Å²) in [6.07, 6.45) is 1.09. The lowest BCUT2D eigenvalue weighted by Gasteiger charge is -2.41. The first-order valence-electron chi connectivity index (χ1n) is 6.74. The van der Waals surface area contributed by atoms with Crippen molar-refractivity contribution >= 4 is 0 Å². The van der Waals surface area contributed by atoms with Crippen molar-refractivity contribution in [2.75, 3.05) is 33.8 Å². The number of aliphatic hydroxyl groups excluding tert-OH is 1. The van der Waals surface area contributed by atoms with Crippen LogP contribution in [0.1, 0.15) is 12.0 Å². The van der Waals surface area contributed by atoms with Gasteiger partial charge in [-0.25, -0.2) is 0 Å². The van der Waals surface area contributed by atoms with Gasteiger partial charge in [-0.15, -0.1) is 0 Å². The summed E-state index contributed by atoms with van der Waals surface area (Å²) in [4.78, 5) is 4.74. The topological polar surface area (TPSA) is 26.7 Å². The van der Waals surface area contributed by atoms with Crippen molar-refractivity contribution in [3.05, 3.63) is 35.9 Å². The molecule has 2 rings (SSSR count). The van der Waals surface area contributed by atoms with Gasteiger partial charge in [-0.1, -0.05) is 30.3 Å². The van der Waals surface area contributed by atoms with Crippen molar-refractivity contribution < 1.29 is 5.11 Å². The molecule has 3 heteroatoms. The van der Waals surface area contributed by atoms with Crippen LogP contribution in [0, 0.1) is 5.92 Å². The van der Waals surface area contributed by atoms with Crippen LogP contribution >= 0.6 is 0 Å². The summed E-state index contributed by atoms with van der Waals surface area (Å²) in [6.45, 7) is 3.46. The monoisotopic (exact) mass is 248 g/mol. The number of benzene rings is 1. The van der Waals surface area contributed by atoms with Gasteiger partial charge in [0.25, 0.3) is 0 Å². The van der Waals surface area contributed by atoms with Crippen LogP contribution in [0.4, 0.5) is 0 Å². The van der Waals surface area contributed by atoms with Crippen molar-refractivity contribution in [2.24, 2.45) is 5.92 Å². The van der Waals surface area contributed by atoms with Crippen molar-refractivity contribution in [1.29, 1.82) is 0 Å². The molecule has 100 valence electrons. The van der Waals surface area contributed by atoms with E-state index >= 15 is 0 Å². The molecule has 0 aliphatic carbocycles. The summed E-state index contributed by atoms with van der Waals surface area (Å²) in [6, 6.07) is 11.1. The van der Waals surface area contributed by atoms with E-state index in [-0.39, 0.29) is 0 Å². The van der Waals surface area contributed by atoms with E-state index in [0.29, 0.717) is 18.6 Å². The smallest absolute Gasteiger partial charge is 0.0475 e. The Morgan fingerprint density at radius 1 is 1.28 bits per heavy atom. The number of likely N-dealkylation sites (N-methyl/N-ethyl adjacent to an activating group) is 1. The van der Waals surface area contributed by atoms with Crippen LogP contribution in [0.15, 0.2) is 30.3 Å². The highest BCUT2D eigenvalue weighted by Crippen LogP contribution is 2.22. The average molecular weight is 248 g/mol. The molecule has 1 aliphatic rings. The summed E-state index contributed by atoms with van der Waals surface area (Å²) in [5.41, 5.74) is 1.37. The molecule has 1 N–H and O–H groups in total. The van der Waals surface area contributed by atoms with E-state index in [4.69, 9.17) is 0 Å². The molecule has 1 aliphatic heterocycles. The first-order valence-corrected chi connectivity index (χ1v) is 6.74. The second-order valence-corrected chi connectivity index (χ2v) is 5.48. The molecule has 3 nitrogen and oxygen atoms in total. The van der Waals surface area contributed by atoms with Crippen molar-refractivity contribution in [3.8, 4) is 0 Å². The minimum atomic E-state index is 0.308. The molecule has 1 aromatic rings. The van der Waals surface area contributed by atoms with E-state index in [2.05, 4.69) is 54.2 Å². The maximum absolute atomic E-state index is 9.44. The van der Waals surface area contributed by atoms with Gasteiger partial charge in [-0.3, -0.25) is 4.90 Å². The Morgan fingerprint density at radius 2 is 2.00 bits per heavy atom. The summed E-state index contributed by atoms with van der Waals surface area (Å²) >= 11 is 0. The number of nitrogens with zero attached hydrogens (tertiary/aromatic N) is 2. The lowest BCUT2D eigenvalue weighted by molar-refractivity contribution is 0.0461. The van der Waals surface area contributed by atoms with Crippen LogP contribution in [0.2, 0.25) is 0 Å². The van der Waals surface area contributed by atoms with Crippen LogP contribution in [0.3, 0.4) is 0 Å². The van der Waals surface area contributed by atoms with Gasteiger partial charge in [-0.05, 0) is 38.5 Å². The van der Waals surface area contributed by atoms with Gasteiger partial charge in [0, 0.05) is 25.7 Å². The van der Waals surface area contributed by atoms with E-state index in [1.807, 2.05) is 0 Å². The number of aliphatic hydroxyl groups is 1. The van der Waals surface area contributed by atoms with E-state index in [1.54, 1.807) is 0 Å². The number of likely N-dealkylation sites (tertiary alicyclic amines) is 1. The molecule has 1 fully saturated rings. The second kappa shape index (κ2) is 6.32. The maximum atomic E-state index is 9.44. The molecule has 0 aromatic heterocycles. The predicted molar refractivity (Wildman–Crippen MR) is 74.4 cm³/mol. The van der Waals surface area contributed by atoms with E-state index in [1.165, 1.54) is 5.56 Å². The Labute approximate surface area is 110 Å². The molecule has 2 atom stereocenters. The second-order valence-electron chi connectivity index (χ2n) is 5.48. The van der Waals surface area contributed by atoms with Gasteiger partial charge in [0.15, 0.2) is 0 Å². The quantitative estimate of drug-likeness (QED) is 0.873. The number of piperidine rings is 1. The first kappa shape index (κ1) is 13.5. The molecular formula is C15H24N2O. The first-order chi connectivity index (χ1) is 8.70. The zero-order chi connectivity index (χ0) is 13.0. The molecule has 0 radical (unpaired) electrons. The highest BCUT2D eigenvalue weighted by atomic mass is 16.3. The fraction of sp³-hybridized carbons (Fsp3) is 0.600. The lowest BCUT2D eigenvalue weighted by atomic mass is 9.91. The summed E-state index contributed by atoms with van der Waals surface area (Å²) < 4.78 is 0. The molecule has 0 spiro atoms. The molecule has 0 bridgehead atoms. The molecule has 1 aromatic carbocycles. The Kier molecular flexibility index (Phi) is 4.75. The van der Waals surface area contributed by atoms with Crippen LogP contribution in [0.5, 0.6) is 0 Å². The number of hydrogen-bond acceptors (Lipinski definition) is 3. The third kappa shape index (κ3) is 3.31. The Balaban J connectivity index is 1.96. The third-order valence-corrected chi connectivity index (χ3v) is 3.95. The van der Waals surface area contributed by atoms with Crippen LogP contribution in [-0.2, 0) is 6.54 Å². The molecule has 1 saturated heterocycles. The molecule has 0 amide bonds. The molecular weight excluding hydrogens is 224 g/mol. The van der Waals surface area contributed by atoms with Gasteiger partial charge >= 0.3 is 0 Å². The predicted octanol–water partition coefficient (Wildman–Crippen LogP) is 1.43. The molecule has 18 heavy (non-hydrogen) atoms. The standard InChI is InChI=1S/C15H24N2O/c1-16(2)15-11-17(9-8-14(15)12-18)10-13-6-4-3-5-7-13/h3-7,14-15,18H,8-12H2,1-2H3/t14-,15-/m1/s1. The summed E-state index contributed by atoms with van der Waals surface area (Å²) in [5, 5.41) is 9.44. The number of hydrogen-bond donors (Lipinski definition) is 1.